The summed E-state index contributed by atoms with van der Waals surface area (Å²) in [5.41, 5.74) is 5.69. The summed E-state index contributed by atoms with van der Waals surface area (Å²) in [5.74, 6) is -0.574. The molecule has 1 unspecified atom stereocenters. The normalized spacial score (nSPS) is 38.5. The molecule has 0 aromatic heterocycles. The monoisotopic (exact) mass is 157 g/mol. The Bertz CT molecular complexity index is 158. The molecule has 11 heavy (non-hydrogen) atoms. The van der Waals surface area contributed by atoms with Gasteiger partial charge < -0.3 is 10.8 Å². The van der Waals surface area contributed by atoms with E-state index < -0.39 is 5.97 Å². The summed E-state index contributed by atoms with van der Waals surface area (Å²) >= 11 is 0. The molecule has 0 spiro atoms. The van der Waals surface area contributed by atoms with Crippen LogP contribution in [0.5, 0.6) is 0 Å². The van der Waals surface area contributed by atoms with Crippen molar-refractivity contribution < 1.29 is 9.90 Å². The predicted molar refractivity (Wildman–Crippen MR) is 42.1 cm³/mol. The van der Waals surface area contributed by atoms with Gasteiger partial charge in [-0.15, -0.1) is 0 Å². The number of carboxylic acids is 1. The van der Waals surface area contributed by atoms with Crippen molar-refractivity contribution in [3.8, 4) is 0 Å². The summed E-state index contributed by atoms with van der Waals surface area (Å²) in [6.45, 7) is 1.97. The molecule has 0 bridgehead atoms. The Kier molecular flexibility index (Phi) is 2.49. The predicted octanol–water partition coefficient (Wildman–Crippen LogP) is 0.834. The van der Waals surface area contributed by atoms with Crippen LogP contribution in [0.3, 0.4) is 0 Å². The van der Waals surface area contributed by atoms with Crippen LogP contribution < -0.4 is 5.73 Å². The topological polar surface area (TPSA) is 63.3 Å². The van der Waals surface area contributed by atoms with E-state index in [0.29, 0.717) is 0 Å². The number of carboxylic acid groups (broad SMARTS) is 1. The molecule has 64 valence electrons. The van der Waals surface area contributed by atoms with Gasteiger partial charge in [0.1, 0.15) is 0 Å². The van der Waals surface area contributed by atoms with E-state index in [4.69, 9.17) is 10.8 Å². The molecule has 0 aromatic rings. The van der Waals surface area contributed by atoms with Crippen LogP contribution >= 0.6 is 0 Å². The highest BCUT2D eigenvalue weighted by atomic mass is 16.4. The molecule has 1 aliphatic carbocycles. The third-order valence-electron chi connectivity index (χ3n) is 2.53. The second kappa shape index (κ2) is 3.22. The van der Waals surface area contributed by atoms with Crippen LogP contribution in [0.15, 0.2) is 0 Å². The SMILES string of the molecule is C[C@@H]1CC(N)CC[C@@H]1C(=O)O. The highest BCUT2D eigenvalue weighted by Crippen LogP contribution is 2.28. The zero-order chi connectivity index (χ0) is 8.43. The lowest BCUT2D eigenvalue weighted by atomic mass is 9.78. The maximum atomic E-state index is 10.6. The summed E-state index contributed by atoms with van der Waals surface area (Å²) in [4.78, 5) is 10.6. The fourth-order valence-electron chi connectivity index (χ4n) is 1.80. The average molecular weight is 157 g/mol. The first-order valence-corrected chi connectivity index (χ1v) is 4.09. The number of rotatable bonds is 1. The zero-order valence-electron chi connectivity index (χ0n) is 6.79. The van der Waals surface area contributed by atoms with Gasteiger partial charge in [0, 0.05) is 6.04 Å². The lowest BCUT2D eigenvalue weighted by Gasteiger charge is -2.29. The largest absolute Gasteiger partial charge is 0.481 e. The molecule has 1 aliphatic rings. The highest BCUT2D eigenvalue weighted by Gasteiger charge is 2.30. The second-order valence-corrected chi connectivity index (χ2v) is 3.50. The summed E-state index contributed by atoms with van der Waals surface area (Å²) < 4.78 is 0. The minimum atomic E-state index is -0.663. The molecular weight excluding hydrogens is 142 g/mol. The Balaban J connectivity index is 2.50. The first-order valence-electron chi connectivity index (χ1n) is 4.09. The minimum absolute atomic E-state index is 0.158. The van der Waals surface area contributed by atoms with Gasteiger partial charge in [-0.1, -0.05) is 6.92 Å². The molecule has 3 nitrogen and oxygen atoms in total. The number of hydrogen-bond acceptors (Lipinski definition) is 2. The number of nitrogens with two attached hydrogens (primary N) is 1. The first kappa shape index (κ1) is 8.53. The molecule has 0 aliphatic heterocycles. The van der Waals surface area contributed by atoms with Crippen LogP contribution in [0, 0.1) is 11.8 Å². The summed E-state index contributed by atoms with van der Waals surface area (Å²) in [5, 5.41) is 8.75. The summed E-state index contributed by atoms with van der Waals surface area (Å²) in [6.07, 6.45) is 2.47. The number of hydrogen-bond donors (Lipinski definition) is 2. The average Bonchev–Trinajstić information content (AvgIpc) is 1.85. The maximum absolute atomic E-state index is 10.6. The van der Waals surface area contributed by atoms with E-state index >= 15 is 0 Å². The Morgan fingerprint density at radius 1 is 1.55 bits per heavy atom. The van der Waals surface area contributed by atoms with Crippen LogP contribution in [0.4, 0.5) is 0 Å². The lowest BCUT2D eigenvalue weighted by molar-refractivity contribution is -0.144. The lowest BCUT2D eigenvalue weighted by Crippen LogP contribution is -2.35. The van der Waals surface area contributed by atoms with Crippen molar-refractivity contribution in [3.63, 3.8) is 0 Å². The van der Waals surface area contributed by atoms with Gasteiger partial charge in [0.05, 0.1) is 5.92 Å². The Hall–Kier alpha value is -0.570. The fourth-order valence-corrected chi connectivity index (χ4v) is 1.80. The standard InChI is InChI=1S/C8H15NO2/c1-5-4-6(9)2-3-7(5)8(10)11/h5-7H,2-4,9H2,1H3,(H,10,11)/t5-,6?,7+/m1/s1. The molecule has 1 saturated carbocycles. The summed E-state index contributed by atoms with van der Waals surface area (Å²) in [7, 11) is 0. The molecule has 1 fully saturated rings. The van der Waals surface area contributed by atoms with E-state index in [1.807, 2.05) is 6.92 Å². The molecule has 3 N–H and O–H groups in total. The van der Waals surface area contributed by atoms with Crippen LogP contribution in [0.1, 0.15) is 26.2 Å². The molecule has 0 amide bonds. The maximum Gasteiger partial charge on any atom is 0.306 e. The van der Waals surface area contributed by atoms with Crippen LogP contribution in [-0.2, 0) is 4.79 Å². The smallest absolute Gasteiger partial charge is 0.306 e. The first-order chi connectivity index (χ1) is 5.11. The van der Waals surface area contributed by atoms with Gasteiger partial charge >= 0.3 is 5.97 Å². The Labute approximate surface area is 66.6 Å². The molecular formula is C8H15NO2. The van der Waals surface area contributed by atoms with Gasteiger partial charge in [-0.25, -0.2) is 0 Å². The molecule has 3 atom stereocenters. The van der Waals surface area contributed by atoms with Crippen molar-refractivity contribution in [1.29, 1.82) is 0 Å². The van der Waals surface area contributed by atoms with Gasteiger partial charge in [0.25, 0.3) is 0 Å². The van der Waals surface area contributed by atoms with Crippen molar-refractivity contribution in [1.82, 2.24) is 0 Å². The van der Waals surface area contributed by atoms with Gasteiger partial charge in [0.2, 0.25) is 0 Å². The van der Waals surface area contributed by atoms with Crippen molar-refractivity contribution in [2.24, 2.45) is 17.6 Å². The van der Waals surface area contributed by atoms with Gasteiger partial charge in [-0.2, -0.15) is 0 Å². The zero-order valence-corrected chi connectivity index (χ0v) is 6.79. The summed E-state index contributed by atoms with van der Waals surface area (Å²) in [6, 6.07) is 0.223. The minimum Gasteiger partial charge on any atom is -0.481 e. The second-order valence-electron chi connectivity index (χ2n) is 3.50. The van der Waals surface area contributed by atoms with Gasteiger partial charge in [-0.05, 0) is 25.2 Å². The van der Waals surface area contributed by atoms with E-state index in [1.54, 1.807) is 0 Å². The Morgan fingerprint density at radius 2 is 2.18 bits per heavy atom. The number of carbonyl (C=O) groups is 1. The van der Waals surface area contributed by atoms with Crippen molar-refractivity contribution in [3.05, 3.63) is 0 Å². The van der Waals surface area contributed by atoms with Crippen molar-refractivity contribution in [2.75, 3.05) is 0 Å². The van der Waals surface area contributed by atoms with E-state index in [9.17, 15) is 4.79 Å². The van der Waals surface area contributed by atoms with E-state index in [2.05, 4.69) is 0 Å². The molecule has 0 aromatic carbocycles. The van der Waals surface area contributed by atoms with Crippen LogP contribution in [0.25, 0.3) is 0 Å². The Morgan fingerprint density at radius 3 is 2.64 bits per heavy atom. The van der Waals surface area contributed by atoms with E-state index in [-0.39, 0.29) is 17.9 Å². The number of aliphatic carboxylic acids is 1. The van der Waals surface area contributed by atoms with E-state index in [0.717, 1.165) is 19.3 Å². The quantitative estimate of drug-likeness (QED) is 0.592. The fraction of sp³-hybridized carbons (Fsp3) is 0.875. The molecule has 0 heterocycles. The molecule has 1 rings (SSSR count). The molecule has 0 radical (unpaired) electrons. The van der Waals surface area contributed by atoms with E-state index in [1.165, 1.54) is 0 Å². The van der Waals surface area contributed by atoms with Crippen molar-refractivity contribution >= 4 is 5.97 Å². The third kappa shape index (κ3) is 1.93. The molecule has 0 saturated heterocycles. The van der Waals surface area contributed by atoms with Gasteiger partial charge in [0.15, 0.2) is 0 Å². The van der Waals surface area contributed by atoms with Crippen LogP contribution in [0.2, 0.25) is 0 Å². The highest BCUT2D eigenvalue weighted by molar-refractivity contribution is 5.70. The van der Waals surface area contributed by atoms with Crippen LogP contribution in [-0.4, -0.2) is 17.1 Å². The molecule has 3 heteroatoms. The third-order valence-corrected chi connectivity index (χ3v) is 2.53. The van der Waals surface area contributed by atoms with Crippen molar-refractivity contribution in [2.45, 2.75) is 32.2 Å². The van der Waals surface area contributed by atoms with Gasteiger partial charge in [-0.3, -0.25) is 4.79 Å².